The van der Waals surface area contributed by atoms with Gasteiger partial charge in [0, 0.05) is 24.2 Å². The number of non-ortho nitro benzene ring substituents is 1. The molecule has 0 fully saturated rings. The molecule has 5 nitrogen and oxygen atoms in total. The Balaban J connectivity index is 1.89. The van der Waals surface area contributed by atoms with Crippen LogP contribution in [0.15, 0.2) is 42.5 Å². The highest BCUT2D eigenvalue weighted by Gasteiger charge is 2.07. The summed E-state index contributed by atoms with van der Waals surface area (Å²) in [6.07, 6.45) is 0.260. The molecule has 1 N–H and O–H groups in total. The predicted molar refractivity (Wildman–Crippen MR) is 86.2 cm³/mol. The van der Waals surface area contributed by atoms with Gasteiger partial charge in [-0.1, -0.05) is 18.2 Å². The molecule has 0 aromatic heterocycles. The monoisotopic (exact) mass is 298 g/mol. The van der Waals surface area contributed by atoms with E-state index < -0.39 is 4.92 Å². The summed E-state index contributed by atoms with van der Waals surface area (Å²) in [5.41, 5.74) is 4.11. The minimum Gasteiger partial charge on any atom is -0.378 e. The van der Waals surface area contributed by atoms with Crippen molar-refractivity contribution >= 4 is 17.2 Å². The number of hydrogen-bond acceptors (Lipinski definition) is 4. The van der Waals surface area contributed by atoms with E-state index in [2.05, 4.69) is 5.32 Å². The number of rotatable bonds is 6. The normalized spacial score (nSPS) is 10.3. The van der Waals surface area contributed by atoms with E-state index in [0.29, 0.717) is 0 Å². The Kier molecular flexibility index (Phi) is 4.88. The van der Waals surface area contributed by atoms with Crippen molar-refractivity contribution in [1.82, 2.24) is 0 Å². The number of anilines is 1. The van der Waals surface area contributed by atoms with Crippen LogP contribution in [0.3, 0.4) is 0 Å². The van der Waals surface area contributed by atoms with Crippen LogP contribution < -0.4 is 5.32 Å². The molecule has 0 aliphatic rings. The van der Waals surface area contributed by atoms with Crippen LogP contribution in [-0.4, -0.2) is 17.3 Å². The van der Waals surface area contributed by atoms with E-state index in [1.54, 1.807) is 12.1 Å². The average molecular weight is 298 g/mol. The van der Waals surface area contributed by atoms with Gasteiger partial charge in [-0.25, -0.2) is 0 Å². The molecule has 0 unspecified atom stereocenters. The van der Waals surface area contributed by atoms with Crippen LogP contribution in [0.2, 0.25) is 0 Å². The topological polar surface area (TPSA) is 72.2 Å². The Morgan fingerprint density at radius 3 is 2.36 bits per heavy atom. The third kappa shape index (κ3) is 4.15. The van der Waals surface area contributed by atoms with Crippen LogP contribution >= 0.6 is 0 Å². The van der Waals surface area contributed by atoms with Crippen LogP contribution in [0.5, 0.6) is 0 Å². The third-order valence-electron chi connectivity index (χ3n) is 3.55. The third-order valence-corrected chi connectivity index (χ3v) is 3.55. The molecule has 0 saturated heterocycles. The molecule has 0 amide bonds. The molecule has 0 bridgehead atoms. The number of carbonyl (C=O) groups is 1. The zero-order chi connectivity index (χ0) is 16.1. The van der Waals surface area contributed by atoms with Crippen molar-refractivity contribution in [2.45, 2.75) is 20.3 Å². The van der Waals surface area contributed by atoms with E-state index in [-0.39, 0.29) is 24.4 Å². The second-order valence-electron chi connectivity index (χ2n) is 5.29. The zero-order valence-electron chi connectivity index (χ0n) is 12.6. The molecule has 0 aliphatic heterocycles. The number of aryl methyl sites for hydroxylation is 2. The summed E-state index contributed by atoms with van der Waals surface area (Å²) in [4.78, 5) is 22.1. The molecule has 0 spiro atoms. The molecule has 0 atom stereocenters. The van der Waals surface area contributed by atoms with Crippen molar-refractivity contribution in [3.63, 3.8) is 0 Å². The van der Waals surface area contributed by atoms with Crippen LogP contribution in [-0.2, 0) is 11.2 Å². The molecule has 0 saturated carbocycles. The highest BCUT2D eigenvalue weighted by molar-refractivity contribution is 5.85. The molecule has 22 heavy (non-hydrogen) atoms. The molecule has 2 aromatic rings. The molecule has 0 radical (unpaired) electrons. The van der Waals surface area contributed by atoms with Gasteiger partial charge in [-0.15, -0.1) is 0 Å². The van der Waals surface area contributed by atoms with E-state index in [1.807, 2.05) is 32.0 Å². The first-order valence-electron chi connectivity index (χ1n) is 7.02. The summed E-state index contributed by atoms with van der Waals surface area (Å²) < 4.78 is 0. The predicted octanol–water partition coefficient (Wildman–Crippen LogP) is 3.44. The lowest BCUT2D eigenvalue weighted by molar-refractivity contribution is -0.384. The fourth-order valence-electron chi connectivity index (χ4n) is 2.08. The van der Waals surface area contributed by atoms with Crippen LogP contribution in [0.1, 0.15) is 16.7 Å². The number of carbonyl (C=O) groups excluding carboxylic acids is 1. The summed E-state index contributed by atoms with van der Waals surface area (Å²) in [5, 5.41) is 13.7. The van der Waals surface area contributed by atoms with Gasteiger partial charge in [0.1, 0.15) is 0 Å². The summed E-state index contributed by atoms with van der Waals surface area (Å²) >= 11 is 0. The number of nitrogens with one attached hydrogen (secondary N) is 1. The average Bonchev–Trinajstić information content (AvgIpc) is 2.49. The first-order valence-corrected chi connectivity index (χ1v) is 7.02. The molecule has 5 heteroatoms. The standard InChI is InChI=1S/C17H18N2O3/c1-12-3-6-15(9-13(12)2)18-11-17(20)10-14-4-7-16(8-5-14)19(21)22/h3-9,18H,10-11H2,1-2H3. The summed E-state index contributed by atoms with van der Waals surface area (Å²) in [5.74, 6) is 0.0343. The molecule has 0 aliphatic carbocycles. The summed E-state index contributed by atoms with van der Waals surface area (Å²) in [6, 6.07) is 12.0. The SMILES string of the molecule is Cc1ccc(NCC(=O)Cc2ccc([N+](=O)[O-])cc2)cc1C. The van der Waals surface area contributed by atoms with Crippen LogP contribution in [0, 0.1) is 24.0 Å². The van der Waals surface area contributed by atoms with Crippen LogP contribution in [0.25, 0.3) is 0 Å². The van der Waals surface area contributed by atoms with Crippen molar-refractivity contribution in [3.8, 4) is 0 Å². The lowest BCUT2D eigenvalue weighted by atomic mass is 10.1. The second kappa shape index (κ2) is 6.85. The van der Waals surface area contributed by atoms with Gasteiger partial charge in [-0.2, -0.15) is 0 Å². The van der Waals surface area contributed by atoms with E-state index >= 15 is 0 Å². The maximum atomic E-state index is 12.0. The van der Waals surface area contributed by atoms with Gasteiger partial charge >= 0.3 is 0 Å². The fraction of sp³-hybridized carbons (Fsp3) is 0.235. The van der Waals surface area contributed by atoms with E-state index in [4.69, 9.17) is 0 Å². The van der Waals surface area contributed by atoms with Gasteiger partial charge < -0.3 is 5.32 Å². The quantitative estimate of drug-likeness (QED) is 0.655. The zero-order valence-corrected chi connectivity index (χ0v) is 12.6. The Labute approximate surface area is 129 Å². The molecular formula is C17H18N2O3. The molecule has 0 heterocycles. The number of nitro groups is 1. The van der Waals surface area contributed by atoms with Crippen molar-refractivity contribution in [2.24, 2.45) is 0 Å². The second-order valence-corrected chi connectivity index (χ2v) is 5.29. The van der Waals surface area contributed by atoms with Gasteiger partial charge in [0.15, 0.2) is 5.78 Å². The van der Waals surface area contributed by atoms with Gasteiger partial charge in [-0.3, -0.25) is 14.9 Å². The van der Waals surface area contributed by atoms with Gasteiger partial charge in [0.25, 0.3) is 5.69 Å². The number of Topliss-reactive ketones (excluding diaryl/α,β-unsaturated/α-hetero) is 1. The molecule has 2 rings (SSSR count). The number of ketones is 1. The Morgan fingerprint density at radius 1 is 1.09 bits per heavy atom. The van der Waals surface area contributed by atoms with Gasteiger partial charge in [-0.05, 0) is 42.7 Å². The number of benzene rings is 2. The van der Waals surface area contributed by atoms with E-state index in [9.17, 15) is 14.9 Å². The van der Waals surface area contributed by atoms with Crippen LogP contribution in [0.4, 0.5) is 11.4 Å². The van der Waals surface area contributed by atoms with Gasteiger partial charge in [0.2, 0.25) is 0 Å². The van der Waals surface area contributed by atoms with E-state index in [1.165, 1.54) is 23.3 Å². The number of nitro benzene ring substituents is 1. The lowest BCUT2D eigenvalue weighted by Crippen LogP contribution is -2.16. The van der Waals surface area contributed by atoms with Crippen molar-refractivity contribution in [3.05, 3.63) is 69.3 Å². The highest BCUT2D eigenvalue weighted by Crippen LogP contribution is 2.15. The van der Waals surface area contributed by atoms with E-state index in [0.717, 1.165) is 11.3 Å². The Bertz CT molecular complexity index is 694. The largest absolute Gasteiger partial charge is 0.378 e. The molecule has 114 valence electrons. The first kappa shape index (κ1) is 15.7. The molecule has 2 aromatic carbocycles. The number of nitrogens with zero attached hydrogens (tertiary/aromatic N) is 1. The summed E-state index contributed by atoms with van der Waals surface area (Å²) in [6.45, 7) is 4.30. The minimum absolute atomic E-state index is 0.0319. The summed E-state index contributed by atoms with van der Waals surface area (Å²) in [7, 11) is 0. The van der Waals surface area contributed by atoms with Crippen molar-refractivity contribution < 1.29 is 9.72 Å². The maximum Gasteiger partial charge on any atom is 0.269 e. The smallest absolute Gasteiger partial charge is 0.269 e. The lowest BCUT2D eigenvalue weighted by Gasteiger charge is -2.08. The number of hydrogen-bond donors (Lipinski definition) is 1. The Hall–Kier alpha value is -2.69. The van der Waals surface area contributed by atoms with Crippen molar-refractivity contribution in [2.75, 3.05) is 11.9 Å². The fourth-order valence-corrected chi connectivity index (χ4v) is 2.08. The highest BCUT2D eigenvalue weighted by atomic mass is 16.6. The minimum atomic E-state index is -0.452. The molecular weight excluding hydrogens is 280 g/mol. The van der Waals surface area contributed by atoms with Gasteiger partial charge in [0.05, 0.1) is 11.5 Å². The van der Waals surface area contributed by atoms with Crippen molar-refractivity contribution in [1.29, 1.82) is 0 Å². The maximum absolute atomic E-state index is 12.0. The Morgan fingerprint density at radius 2 is 1.77 bits per heavy atom. The first-order chi connectivity index (χ1) is 10.5.